The number of Topliss-reactive ketones (excluding diaryl/α,β-unsaturated/α-hetero) is 1. The molecule has 1 atom stereocenters. The van der Waals surface area contributed by atoms with Crippen LogP contribution in [0.5, 0.6) is 5.75 Å². The first-order valence-corrected chi connectivity index (χ1v) is 9.13. The number of H-pyrrole nitrogens is 1. The smallest absolute Gasteiger partial charge is 0.340 e. The largest absolute Gasteiger partial charge is 0.493 e. The summed E-state index contributed by atoms with van der Waals surface area (Å²) < 4.78 is 15.7. The Kier molecular flexibility index (Phi) is 7.37. The molecule has 0 spiro atoms. The Bertz CT molecular complexity index is 840. The summed E-state index contributed by atoms with van der Waals surface area (Å²) in [5.41, 5.74) is 1.59. The standard InChI is InChI=1S/C21H25NO6/c1-5-26-21(25)18-13(2)19(22-14(18)3)20(24)15(4)28-17(23)11-12-27-16-9-7-6-8-10-16/h6-10,15,22H,5,11-12H2,1-4H3/t15-/m1/s1. The van der Waals surface area contributed by atoms with Crippen molar-refractivity contribution in [1.29, 1.82) is 0 Å². The Morgan fingerprint density at radius 2 is 1.79 bits per heavy atom. The molecule has 0 saturated carbocycles. The number of ether oxygens (including phenoxy) is 3. The molecule has 0 aliphatic rings. The molecular formula is C21H25NO6. The van der Waals surface area contributed by atoms with Crippen molar-refractivity contribution < 1.29 is 28.6 Å². The van der Waals surface area contributed by atoms with Crippen molar-refractivity contribution in [3.63, 3.8) is 0 Å². The van der Waals surface area contributed by atoms with Crippen molar-refractivity contribution in [2.45, 2.75) is 40.2 Å². The van der Waals surface area contributed by atoms with Crippen LogP contribution in [-0.4, -0.2) is 42.0 Å². The lowest BCUT2D eigenvalue weighted by molar-refractivity contribution is -0.146. The van der Waals surface area contributed by atoms with Gasteiger partial charge in [-0.05, 0) is 45.4 Å². The van der Waals surface area contributed by atoms with Crippen LogP contribution in [-0.2, 0) is 14.3 Å². The van der Waals surface area contributed by atoms with E-state index < -0.39 is 23.8 Å². The van der Waals surface area contributed by atoms with E-state index in [4.69, 9.17) is 14.2 Å². The second-order valence-corrected chi connectivity index (χ2v) is 6.25. The fraction of sp³-hybridized carbons (Fsp3) is 0.381. The first-order valence-electron chi connectivity index (χ1n) is 9.13. The van der Waals surface area contributed by atoms with Gasteiger partial charge in [-0.15, -0.1) is 0 Å². The summed E-state index contributed by atoms with van der Waals surface area (Å²) in [5, 5.41) is 0. The molecule has 1 aromatic carbocycles. The lowest BCUT2D eigenvalue weighted by atomic mass is 10.1. The minimum absolute atomic E-state index is 0.0172. The molecule has 2 rings (SSSR count). The van der Waals surface area contributed by atoms with Gasteiger partial charge >= 0.3 is 11.9 Å². The van der Waals surface area contributed by atoms with Gasteiger partial charge in [0.25, 0.3) is 0 Å². The molecule has 150 valence electrons. The van der Waals surface area contributed by atoms with E-state index in [1.807, 2.05) is 18.2 Å². The van der Waals surface area contributed by atoms with Gasteiger partial charge in [0.05, 0.1) is 30.9 Å². The Labute approximate surface area is 164 Å². The predicted octanol–water partition coefficient (Wildman–Crippen LogP) is 3.39. The first kappa shape index (κ1) is 21.2. The maximum Gasteiger partial charge on any atom is 0.340 e. The molecule has 7 nitrogen and oxygen atoms in total. The summed E-state index contributed by atoms with van der Waals surface area (Å²) in [4.78, 5) is 39.6. The van der Waals surface area contributed by atoms with Crippen LogP contribution in [0.4, 0.5) is 0 Å². The van der Waals surface area contributed by atoms with Crippen molar-refractivity contribution in [3.05, 3.63) is 52.8 Å². The predicted molar refractivity (Wildman–Crippen MR) is 103 cm³/mol. The van der Waals surface area contributed by atoms with Crippen LogP contribution in [0.25, 0.3) is 0 Å². The number of aromatic nitrogens is 1. The molecule has 0 bridgehead atoms. The van der Waals surface area contributed by atoms with Crippen LogP contribution in [0.15, 0.2) is 30.3 Å². The highest BCUT2D eigenvalue weighted by molar-refractivity contribution is 6.03. The summed E-state index contributed by atoms with van der Waals surface area (Å²) >= 11 is 0. The molecular weight excluding hydrogens is 362 g/mol. The summed E-state index contributed by atoms with van der Waals surface area (Å²) in [6, 6.07) is 9.11. The molecule has 0 saturated heterocycles. The Morgan fingerprint density at radius 3 is 2.43 bits per heavy atom. The number of hydrogen-bond donors (Lipinski definition) is 1. The molecule has 0 aliphatic heterocycles. The molecule has 1 N–H and O–H groups in total. The minimum Gasteiger partial charge on any atom is -0.493 e. The Morgan fingerprint density at radius 1 is 1.11 bits per heavy atom. The number of nitrogens with one attached hydrogen (secondary N) is 1. The number of esters is 2. The van der Waals surface area contributed by atoms with Gasteiger partial charge in [0.2, 0.25) is 5.78 Å². The van der Waals surface area contributed by atoms with Crippen molar-refractivity contribution in [2.75, 3.05) is 13.2 Å². The third kappa shape index (κ3) is 5.22. The minimum atomic E-state index is -0.990. The number of ketones is 1. The van der Waals surface area contributed by atoms with Crippen LogP contribution in [0.3, 0.4) is 0 Å². The first-order chi connectivity index (χ1) is 13.3. The molecule has 28 heavy (non-hydrogen) atoms. The number of hydrogen-bond acceptors (Lipinski definition) is 6. The van der Waals surface area contributed by atoms with E-state index in [0.717, 1.165) is 0 Å². The van der Waals surface area contributed by atoms with Crippen LogP contribution in [0, 0.1) is 13.8 Å². The maximum atomic E-state index is 12.7. The topological polar surface area (TPSA) is 94.7 Å². The van der Waals surface area contributed by atoms with Crippen molar-refractivity contribution in [2.24, 2.45) is 0 Å². The number of carbonyl (C=O) groups excluding carboxylic acids is 3. The molecule has 0 fully saturated rings. The lowest BCUT2D eigenvalue weighted by Crippen LogP contribution is -2.26. The summed E-state index contributed by atoms with van der Waals surface area (Å²) in [5.74, 6) is -0.782. The zero-order valence-corrected chi connectivity index (χ0v) is 16.5. The van der Waals surface area contributed by atoms with E-state index in [2.05, 4.69) is 4.98 Å². The van der Waals surface area contributed by atoms with Crippen molar-refractivity contribution in [3.8, 4) is 5.75 Å². The van der Waals surface area contributed by atoms with Crippen molar-refractivity contribution >= 4 is 17.7 Å². The molecule has 2 aromatic rings. The maximum absolute atomic E-state index is 12.7. The van der Waals surface area contributed by atoms with Crippen molar-refractivity contribution in [1.82, 2.24) is 4.98 Å². The van der Waals surface area contributed by atoms with Gasteiger partial charge in [0, 0.05) is 5.69 Å². The van der Waals surface area contributed by atoms with Crippen LogP contribution in [0.2, 0.25) is 0 Å². The molecule has 0 unspecified atom stereocenters. The van der Waals surface area contributed by atoms with E-state index >= 15 is 0 Å². The van der Waals surface area contributed by atoms with Crippen LogP contribution < -0.4 is 4.74 Å². The average Bonchev–Trinajstić information content (AvgIpc) is 2.96. The number of benzene rings is 1. The molecule has 0 aliphatic carbocycles. The monoisotopic (exact) mass is 387 g/mol. The molecule has 1 heterocycles. The highest BCUT2D eigenvalue weighted by atomic mass is 16.5. The number of aryl methyl sites for hydroxylation is 1. The lowest BCUT2D eigenvalue weighted by Gasteiger charge is -2.12. The van der Waals surface area contributed by atoms with Gasteiger partial charge in [-0.1, -0.05) is 18.2 Å². The summed E-state index contributed by atoms with van der Waals surface area (Å²) in [7, 11) is 0. The fourth-order valence-electron chi connectivity index (χ4n) is 2.79. The molecule has 1 aromatic heterocycles. The Hall–Kier alpha value is -3.09. The summed E-state index contributed by atoms with van der Waals surface area (Å²) in [6.07, 6.45) is -0.973. The summed E-state index contributed by atoms with van der Waals surface area (Å²) in [6.45, 7) is 6.95. The number of para-hydroxylation sites is 1. The Balaban J connectivity index is 1.94. The van der Waals surface area contributed by atoms with Gasteiger partial charge in [0.15, 0.2) is 6.10 Å². The zero-order valence-electron chi connectivity index (χ0n) is 16.5. The van der Waals surface area contributed by atoms with Gasteiger partial charge in [0.1, 0.15) is 5.75 Å². The van der Waals surface area contributed by atoms with Gasteiger partial charge in [-0.3, -0.25) is 9.59 Å². The third-order valence-electron chi connectivity index (χ3n) is 4.16. The SMILES string of the molecule is CCOC(=O)c1c(C)[nH]c(C(=O)[C@@H](C)OC(=O)CCOc2ccccc2)c1C. The molecule has 7 heteroatoms. The average molecular weight is 387 g/mol. The highest BCUT2D eigenvalue weighted by Gasteiger charge is 2.27. The van der Waals surface area contributed by atoms with Crippen LogP contribution >= 0.6 is 0 Å². The van der Waals surface area contributed by atoms with E-state index in [-0.39, 0.29) is 25.3 Å². The molecule has 0 radical (unpaired) electrons. The number of aromatic amines is 1. The molecule has 0 amide bonds. The normalized spacial score (nSPS) is 11.6. The second-order valence-electron chi connectivity index (χ2n) is 6.25. The van der Waals surface area contributed by atoms with Crippen LogP contribution in [0.1, 0.15) is 52.4 Å². The third-order valence-corrected chi connectivity index (χ3v) is 4.16. The van der Waals surface area contributed by atoms with Gasteiger partial charge in [-0.25, -0.2) is 4.79 Å². The van der Waals surface area contributed by atoms with E-state index in [1.54, 1.807) is 32.9 Å². The second kappa shape index (κ2) is 9.73. The quantitative estimate of drug-likeness (QED) is 0.523. The van der Waals surface area contributed by atoms with Gasteiger partial charge in [-0.2, -0.15) is 0 Å². The number of rotatable bonds is 9. The van der Waals surface area contributed by atoms with E-state index in [1.165, 1.54) is 6.92 Å². The van der Waals surface area contributed by atoms with E-state index in [0.29, 0.717) is 22.6 Å². The zero-order chi connectivity index (χ0) is 20.7. The highest BCUT2D eigenvalue weighted by Crippen LogP contribution is 2.21. The van der Waals surface area contributed by atoms with Gasteiger partial charge < -0.3 is 19.2 Å². The number of carbonyl (C=O) groups is 3. The fourth-order valence-corrected chi connectivity index (χ4v) is 2.79. The van der Waals surface area contributed by atoms with E-state index in [9.17, 15) is 14.4 Å².